The van der Waals surface area contributed by atoms with Gasteiger partial charge in [0.2, 0.25) is 0 Å². The summed E-state index contributed by atoms with van der Waals surface area (Å²) in [7, 11) is 3.75. The second-order valence-corrected chi connectivity index (χ2v) is 5.82. The summed E-state index contributed by atoms with van der Waals surface area (Å²) in [6, 6.07) is 2.95. The van der Waals surface area contributed by atoms with E-state index in [0.29, 0.717) is 11.7 Å². The van der Waals surface area contributed by atoms with Gasteiger partial charge in [0.15, 0.2) is 0 Å². The standard InChI is InChI=1S/C14H19ClFN3O2/c1-17-9-3-5-10(6-4-9)18(2)13-7-11(15)12(16)8-14(13)19(20)21/h7-10,17H,3-6H2,1-2H3. The number of hydrogen-bond donors (Lipinski definition) is 1. The van der Waals surface area contributed by atoms with E-state index in [1.54, 1.807) is 7.05 Å². The maximum absolute atomic E-state index is 13.5. The van der Waals surface area contributed by atoms with E-state index in [9.17, 15) is 14.5 Å². The van der Waals surface area contributed by atoms with Gasteiger partial charge in [-0.25, -0.2) is 4.39 Å². The minimum atomic E-state index is -0.764. The summed E-state index contributed by atoms with van der Waals surface area (Å²) >= 11 is 5.78. The molecule has 5 nitrogen and oxygen atoms in total. The van der Waals surface area contributed by atoms with Crippen LogP contribution in [0.15, 0.2) is 12.1 Å². The van der Waals surface area contributed by atoms with Crippen molar-refractivity contribution in [3.63, 3.8) is 0 Å². The normalized spacial score (nSPS) is 22.1. The zero-order valence-electron chi connectivity index (χ0n) is 12.1. The number of benzene rings is 1. The Bertz CT molecular complexity index is 533. The fraction of sp³-hybridized carbons (Fsp3) is 0.571. The van der Waals surface area contributed by atoms with Gasteiger partial charge in [-0.3, -0.25) is 10.1 Å². The SMILES string of the molecule is CNC1CCC(N(C)c2cc(Cl)c(F)cc2[N+](=O)[O-])CC1. The van der Waals surface area contributed by atoms with Crippen molar-refractivity contribution in [2.24, 2.45) is 0 Å². The van der Waals surface area contributed by atoms with Crippen LogP contribution < -0.4 is 10.2 Å². The summed E-state index contributed by atoms with van der Waals surface area (Å²) in [5, 5.41) is 14.3. The van der Waals surface area contributed by atoms with Gasteiger partial charge < -0.3 is 10.2 Å². The van der Waals surface area contributed by atoms with E-state index in [0.717, 1.165) is 31.7 Å². The van der Waals surface area contributed by atoms with Crippen molar-refractivity contribution in [1.82, 2.24) is 5.32 Å². The van der Waals surface area contributed by atoms with Gasteiger partial charge in [0.05, 0.1) is 16.0 Å². The molecule has 2 rings (SSSR count). The number of anilines is 1. The number of rotatable bonds is 4. The highest BCUT2D eigenvalue weighted by Gasteiger charge is 2.28. The topological polar surface area (TPSA) is 58.4 Å². The molecule has 0 spiro atoms. The molecule has 0 aliphatic heterocycles. The zero-order valence-corrected chi connectivity index (χ0v) is 12.9. The quantitative estimate of drug-likeness (QED) is 0.684. The van der Waals surface area contributed by atoms with Crippen LogP contribution in [0.5, 0.6) is 0 Å². The third-order valence-electron chi connectivity index (χ3n) is 4.25. The summed E-state index contributed by atoms with van der Waals surface area (Å²) < 4.78 is 13.5. The first-order chi connectivity index (χ1) is 9.93. The van der Waals surface area contributed by atoms with Crippen LogP contribution in [-0.2, 0) is 0 Å². The highest BCUT2D eigenvalue weighted by atomic mass is 35.5. The number of nitro groups is 1. The van der Waals surface area contributed by atoms with Crippen LogP contribution in [0.25, 0.3) is 0 Å². The van der Waals surface area contributed by atoms with E-state index in [1.165, 1.54) is 6.07 Å². The molecule has 0 saturated heterocycles. The number of nitro benzene ring substituents is 1. The van der Waals surface area contributed by atoms with Gasteiger partial charge >= 0.3 is 0 Å². The van der Waals surface area contributed by atoms with Crippen molar-refractivity contribution in [3.05, 3.63) is 33.1 Å². The Morgan fingerprint density at radius 3 is 2.52 bits per heavy atom. The van der Waals surface area contributed by atoms with Crippen LogP contribution in [0.2, 0.25) is 5.02 Å². The lowest BCUT2D eigenvalue weighted by molar-refractivity contribution is -0.384. The second kappa shape index (κ2) is 6.58. The molecule has 0 aromatic heterocycles. The highest BCUT2D eigenvalue weighted by molar-refractivity contribution is 6.31. The average molecular weight is 316 g/mol. The predicted molar refractivity (Wildman–Crippen MR) is 81.6 cm³/mol. The number of hydrogen-bond acceptors (Lipinski definition) is 4. The van der Waals surface area contributed by atoms with Crippen molar-refractivity contribution >= 4 is 23.0 Å². The van der Waals surface area contributed by atoms with E-state index < -0.39 is 10.7 Å². The molecule has 21 heavy (non-hydrogen) atoms. The molecule has 116 valence electrons. The first kappa shape index (κ1) is 16.0. The van der Waals surface area contributed by atoms with Crippen molar-refractivity contribution in [2.75, 3.05) is 19.0 Å². The summed E-state index contributed by atoms with van der Waals surface area (Å²) in [4.78, 5) is 12.4. The van der Waals surface area contributed by atoms with Crippen molar-refractivity contribution in [2.45, 2.75) is 37.8 Å². The van der Waals surface area contributed by atoms with Crippen molar-refractivity contribution < 1.29 is 9.31 Å². The highest BCUT2D eigenvalue weighted by Crippen LogP contribution is 2.36. The van der Waals surface area contributed by atoms with Gasteiger partial charge in [-0.15, -0.1) is 0 Å². The van der Waals surface area contributed by atoms with Gasteiger partial charge in [0, 0.05) is 19.1 Å². The summed E-state index contributed by atoms with van der Waals surface area (Å²) in [5.74, 6) is -0.764. The Labute approximate surface area is 128 Å². The third-order valence-corrected chi connectivity index (χ3v) is 4.54. The van der Waals surface area contributed by atoms with Gasteiger partial charge in [-0.2, -0.15) is 0 Å². The molecule has 1 saturated carbocycles. The predicted octanol–water partition coefficient (Wildman–Crippen LogP) is 3.35. The Hall–Kier alpha value is -1.40. The third kappa shape index (κ3) is 3.44. The molecule has 1 N–H and O–H groups in total. The summed E-state index contributed by atoms with van der Waals surface area (Å²) in [6.07, 6.45) is 3.92. The molecular weight excluding hydrogens is 297 g/mol. The Balaban J connectivity index is 2.24. The zero-order chi connectivity index (χ0) is 15.6. The number of nitrogens with one attached hydrogen (secondary N) is 1. The molecule has 7 heteroatoms. The van der Waals surface area contributed by atoms with Crippen LogP contribution >= 0.6 is 11.6 Å². The Morgan fingerprint density at radius 2 is 2.00 bits per heavy atom. The lowest BCUT2D eigenvalue weighted by Crippen LogP contribution is -2.40. The van der Waals surface area contributed by atoms with E-state index in [2.05, 4.69) is 5.32 Å². The van der Waals surface area contributed by atoms with Gasteiger partial charge in [0.1, 0.15) is 11.5 Å². The van der Waals surface area contributed by atoms with Crippen LogP contribution in [0.3, 0.4) is 0 Å². The Morgan fingerprint density at radius 1 is 1.38 bits per heavy atom. The molecule has 1 aromatic rings. The second-order valence-electron chi connectivity index (χ2n) is 5.42. The largest absolute Gasteiger partial charge is 0.366 e. The molecule has 0 atom stereocenters. The van der Waals surface area contributed by atoms with E-state index >= 15 is 0 Å². The molecule has 1 aliphatic rings. The molecule has 0 unspecified atom stereocenters. The Kier molecular flexibility index (Phi) is 5.00. The van der Waals surface area contributed by atoms with Gasteiger partial charge in [-0.05, 0) is 38.8 Å². The molecule has 0 heterocycles. The molecule has 0 amide bonds. The van der Waals surface area contributed by atoms with Gasteiger partial charge in [0.25, 0.3) is 5.69 Å². The first-order valence-electron chi connectivity index (χ1n) is 6.97. The van der Waals surface area contributed by atoms with Crippen LogP contribution in [0.1, 0.15) is 25.7 Å². The molecule has 0 bridgehead atoms. The number of halogens is 2. The van der Waals surface area contributed by atoms with Gasteiger partial charge in [-0.1, -0.05) is 11.6 Å². The maximum Gasteiger partial charge on any atom is 0.295 e. The minimum Gasteiger partial charge on any atom is -0.366 e. The lowest BCUT2D eigenvalue weighted by atomic mass is 9.90. The maximum atomic E-state index is 13.5. The fourth-order valence-electron chi connectivity index (χ4n) is 2.90. The molecule has 1 aromatic carbocycles. The minimum absolute atomic E-state index is 0.0913. The molecule has 1 aliphatic carbocycles. The van der Waals surface area contributed by atoms with E-state index in [4.69, 9.17) is 11.6 Å². The average Bonchev–Trinajstić information content (AvgIpc) is 2.48. The smallest absolute Gasteiger partial charge is 0.295 e. The van der Waals surface area contributed by atoms with Crippen molar-refractivity contribution in [3.8, 4) is 0 Å². The number of nitrogens with zero attached hydrogens (tertiary/aromatic N) is 2. The monoisotopic (exact) mass is 315 g/mol. The van der Waals surface area contributed by atoms with Crippen LogP contribution in [0, 0.1) is 15.9 Å². The van der Waals surface area contributed by atoms with Crippen LogP contribution in [-0.4, -0.2) is 31.1 Å². The molecular formula is C14H19ClFN3O2. The lowest BCUT2D eigenvalue weighted by Gasteiger charge is -2.35. The molecule has 1 fully saturated rings. The van der Waals surface area contributed by atoms with Crippen LogP contribution in [0.4, 0.5) is 15.8 Å². The van der Waals surface area contributed by atoms with Crippen molar-refractivity contribution in [1.29, 1.82) is 0 Å². The summed E-state index contributed by atoms with van der Waals surface area (Å²) in [5.41, 5.74) is 0.134. The fourth-order valence-corrected chi connectivity index (χ4v) is 3.06. The first-order valence-corrected chi connectivity index (χ1v) is 7.35. The molecule has 0 radical (unpaired) electrons. The summed E-state index contributed by atoms with van der Waals surface area (Å²) in [6.45, 7) is 0. The van der Waals surface area contributed by atoms with E-state index in [1.807, 2.05) is 11.9 Å². The van der Waals surface area contributed by atoms with E-state index in [-0.39, 0.29) is 16.8 Å².